The number of nitrogens with zero attached hydrogens (tertiary/aromatic N) is 3. The standard InChI is InChI=1S/C27H32N4O/c1-18(20-7-4-3-5-8-20)17-28-26(32)21-11-13-31(14-12-21)27-29-19(2)24-15-22-9-6-10-23(22)16-25(24)30-27/h3-5,7-8,15-16,18,21H,6,9-14,17H2,1-2H3,(H,28,32). The van der Waals surface area contributed by atoms with Gasteiger partial charge in [-0.05, 0) is 73.8 Å². The number of carbonyl (C=O) groups is 1. The van der Waals surface area contributed by atoms with Crippen molar-refractivity contribution in [2.75, 3.05) is 24.5 Å². The molecule has 1 saturated heterocycles. The van der Waals surface area contributed by atoms with E-state index in [4.69, 9.17) is 9.97 Å². The van der Waals surface area contributed by atoms with Crippen LogP contribution in [0, 0.1) is 12.8 Å². The molecule has 1 unspecified atom stereocenters. The lowest BCUT2D eigenvalue weighted by Gasteiger charge is -2.31. The molecule has 1 atom stereocenters. The lowest BCUT2D eigenvalue weighted by Crippen LogP contribution is -2.42. The number of carbonyl (C=O) groups excluding carboxylic acids is 1. The van der Waals surface area contributed by atoms with E-state index in [1.807, 2.05) is 18.2 Å². The highest BCUT2D eigenvalue weighted by Crippen LogP contribution is 2.30. The normalized spacial score (nSPS) is 17.4. The Morgan fingerprint density at radius 2 is 1.81 bits per heavy atom. The smallest absolute Gasteiger partial charge is 0.226 e. The van der Waals surface area contributed by atoms with Gasteiger partial charge in [0.05, 0.1) is 11.2 Å². The highest BCUT2D eigenvalue weighted by molar-refractivity contribution is 5.84. The molecule has 0 saturated carbocycles. The summed E-state index contributed by atoms with van der Waals surface area (Å²) in [6, 6.07) is 14.9. The van der Waals surface area contributed by atoms with Crippen LogP contribution in [0.25, 0.3) is 10.9 Å². The Kier molecular flexibility index (Phi) is 5.81. The van der Waals surface area contributed by atoms with Crippen LogP contribution in [-0.4, -0.2) is 35.5 Å². The molecule has 2 aliphatic rings. The molecule has 1 fully saturated rings. The molecule has 5 rings (SSSR count). The molecule has 1 amide bonds. The highest BCUT2D eigenvalue weighted by Gasteiger charge is 2.27. The molecule has 5 nitrogen and oxygen atoms in total. The number of amides is 1. The molecule has 0 bridgehead atoms. The number of fused-ring (bicyclic) bond motifs is 2. The van der Waals surface area contributed by atoms with E-state index >= 15 is 0 Å². The average Bonchev–Trinajstić information content (AvgIpc) is 3.29. The molecular weight excluding hydrogens is 396 g/mol. The van der Waals surface area contributed by atoms with Gasteiger partial charge >= 0.3 is 0 Å². The number of hydrogen-bond donors (Lipinski definition) is 1. The van der Waals surface area contributed by atoms with Gasteiger partial charge in [0.1, 0.15) is 0 Å². The van der Waals surface area contributed by atoms with E-state index in [1.54, 1.807) is 0 Å². The predicted octanol–water partition coefficient (Wildman–Crippen LogP) is 4.56. The summed E-state index contributed by atoms with van der Waals surface area (Å²) >= 11 is 0. The zero-order chi connectivity index (χ0) is 22.1. The fourth-order valence-corrected chi connectivity index (χ4v) is 5.12. The van der Waals surface area contributed by atoms with E-state index in [9.17, 15) is 4.79 Å². The average molecular weight is 429 g/mol. The maximum Gasteiger partial charge on any atom is 0.226 e. The van der Waals surface area contributed by atoms with E-state index in [-0.39, 0.29) is 11.8 Å². The van der Waals surface area contributed by atoms with Gasteiger partial charge in [-0.25, -0.2) is 9.97 Å². The van der Waals surface area contributed by atoms with Crippen molar-refractivity contribution in [2.45, 2.75) is 51.9 Å². The summed E-state index contributed by atoms with van der Waals surface area (Å²) in [4.78, 5) is 24.7. The molecule has 32 heavy (non-hydrogen) atoms. The number of anilines is 1. The summed E-state index contributed by atoms with van der Waals surface area (Å²) in [5, 5.41) is 4.35. The van der Waals surface area contributed by atoms with Gasteiger partial charge in [-0.15, -0.1) is 0 Å². The summed E-state index contributed by atoms with van der Waals surface area (Å²) in [6.07, 6.45) is 5.26. The molecular formula is C27H32N4O. The largest absolute Gasteiger partial charge is 0.355 e. The Bertz CT molecular complexity index is 1120. The van der Waals surface area contributed by atoms with Crippen molar-refractivity contribution in [3.63, 3.8) is 0 Å². The third-order valence-electron chi connectivity index (χ3n) is 7.19. The number of rotatable bonds is 5. The SMILES string of the molecule is Cc1nc(N2CCC(C(=O)NCC(C)c3ccccc3)CC2)nc2cc3c(cc12)CCC3. The van der Waals surface area contributed by atoms with E-state index in [0.29, 0.717) is 12.5 Å². The van der Waals surface area contributed by atoms with Crippen LogP contribution in [0.1, 0.15) is 54.5 Å². The number of benzene rings is 2. The summed E-state index contributed by atoms with van der Waals surface area (Å²) < 4.78 is 0. The van der Waals surface area contributed by atoms with Gasteiger partial charge in [0.25, 0.3) is 0 Å². The lowest BCUT2D eigenvalue weighted by atomic mass is 9.95. The first-order valence-electron chi connectivity index (χ1n) is 12.0. The quantitative estimate of drug-likeness (QED) is 0.647. The fraction of sp³-hybridized carbons (Fsp3) is 0.444. The Morgan fingerprint density at radius 1 is 1.09 bits per heavy atom. The maximum absolute atomic E-state index is 12.8. The summed E-state index contributed by atoms with van der Waals surface area (Å²) in [6.45, 7) is 6.57. The van der Waals surface area contributed by atoms with E-state index in [0.717, 1.165) is 49.5 Å². The third-order valence-corrected chi connectivity index (χ3v) is 7.19. The fourth-order valence-electron chi connectivity index (χ4n) is 5.12. The molecule has 1 aliphatic heterocycles. The van der Waals surface area contributed by atoms with E-state index in [1.165, 1.54) is 34.9 Å². The van der Waals surface area contributed by atoms with Crippen LogP contribution in [0.15, 0.2) is 42.5 Å². The molecule has 1 aromatic heterocycles. The minimum Gasteiger partial charge on any atom is -0.355 e. The van der Waals surface area contributed by atoms with Crippen molar-refractivity contribution in [2.24, 2.45) is 5.92 Å². The number of aromatic nitrogens is 2. The Hall–Kier alpha value is -2.95. The summed E-state index contributed by atoms with van der Waals surface area (Å²) in [7, 11) is 0. The summed E-state index contributed by atoms with van der Waals surface area (Å²) in [5.74, 6) is 1.37. The maximum atomic E-state index is 12.8. The van der Waals surface area contributed by atoms with E-state index < -0.39 is 0 Å². The van der Waals surface area contributed by atoms with Gasteiger partial charge in [-0.3, -0.25) is 4.79 Å². The van der Waals surface area contributed by atoms with Crippen LogP contribution in [0.4, 0.5) is 5.95 Å². The van der Waals surface area contributed by atoms with Crippen molar-refractivity contribution in [1.82, 2.24) is 15.3 Å². The monoisotopic (exact) mass is 428 g/mol. The first-order valence-corrected chi connectivity index (χ1v) is 12.0. The second kappa shape index (κ2) is 8.89. The van der Waals surface area contributed by atoms with Crippen molar-refractivity contribution >= 4 is 22.8 Å². The first kappa shape index (κ1) is 20.9. The Morgan fingerprint density at radius 3 is 2.56 bits per heavy atom. The van der Waals surface area contributed by atoms with Crippen LogP contribution in [0.3, 0.4) is 0 Å². The molecule has 2 aromatic carbocycles. The lowest BCUT2D eigenvalue weighted by molar-refractivity contribution is -0.125. The van der Waals surface area contributed by atoms with E-state index in [2.05, 4.69) is 48.3 Å². The van der Waals surface area contributed by atoms with Crippen molar-refractivity contribution in [3.8, 4) is 0 Å². The zero-order valence-corrected chi connectivity index (χ0v) is 19.1. The van der Waals surface area contributed by atoms with Crippen LogP contribution in [-0.2, 0) is 17.6 Å². The van der Waals surface area contributed by atoms with Crippen LogP contribution >= 0.6 is 0 Å². The summed E-state index contributed by atoms with van der Waals surface area (Å²) in [5.41, 5.74) is 6.28. The van der Waals surface area contributed by atoms with Crippen molar-refractivity contribution < 1.29 is 4.79 Å². The van der Waals surface area contributed by atoms with Gasteiger partial charge < -0.3 is 10.2 Å². The third kappa shape index (κ3) is 4.21. The number of nitrogens with one attached hydrogen (secondary N) is 1. The number of hydrogen-bond acceptors (Lipinski definition) is 4. The molecule has 1 aliphatic carbocycles. The van der Waals surface area contributed by atoms with Crippen molar-refractivity contribution in [3.05, 3.63) is 64.8 Å². The van der Waals surface area contributed by atoms with Gasteiger partial charge in [-0.2, -0.15) is 0 Å². The predicted molar refractivity (Wildman–Crippen MR) is 129 cm³/mol. The van der Waals surface area contributed by atoms with Gasteiger partial charge in [0.2, 0.25) is 11.9 Å². The molecule has 3 aromatic rings. The minimum absolute atomic E-state index is 0.0686. The molecule has 166 valence electrons. The molecule has 0 radical (unpaired) electrons. The first-order chi connectivity index (χ1) is 15.6. The van der Waals surface area contributed by atoms with Crippen LogP contribution in [0.5, 0.6) is 0 Å². The Labute approximate surface area is 190 Å². The van der Waals surface area contributed by atoms with Gasteiger partial charge in [0, 0.05) is 30.9 Å². The van der Waals surface area contributed by atoms with Gasteiger partial charge in [0.15, 0.2) is 0 Å². The number of piperidine rings is 1. The second-order valence-electron chi connectivity index (χ2n) is 9.42. The zero-order valence-electron chi connectivity index (χ0n) is 19.1. The van der Waals surface area contributed by atoms with Crippen molar-refractivity contribution in [1.29, 1.82) is 0 Å². The van der Waals surface area contributed by atoms with Crippen LogP contribution < -0.4 is 10.2 Å². The minimum atomic E-state index is 0.0686. The molecule has 5 heteroatoms. The second-order valence-corrected chi connectivity index (χ2v) is 9.42. The molecule has 1 N–H and O–H groups in total. The van der Waals surface area contributed by atoms with Gasteiger partial charge in [-0.1, -0.05) is 37.3 Å². The number of aryl methyl sites for hydroxylation is 3. The Balaban J connectivity index is 1.20. The van der Waals surface area contributed by atoms with Crippen LogP contribution in [0.2, 0.25) is 0 Å². The topological polar surface area (TPSA) is 58.1 Å². The molecule has 0 spiro atoms. The highest BCUT2D eigenvalue weighted by atomic mass is 16.1. The molecule has 2 heterocycles.